The van der Waals surface area contributed by atoms with Gasteiger partial charge in [0.15, 0.2) is 0 Å². The van der Waals surface area contributed by atoms with E-state index in [0.717, 1.165) is 10.6 Å². The van der Waals surface area contributed by atoms with Crippen LogP contribution in [0.15, 0.2) is 30.3 Å². The number of aliphatic carboxylic acids is 1. The molecule has 2 rings (SSSR count). The van der Waals surface area contributed by atoms with Crippen LogP contribution in [-0.2, 0) is 14.8 Å². The van der Waals surface area contributed by atoms with Gasteiger partial charge in [0.05, 0.1) is 29.9 Å². The Hall–Kier alpha value is -2.89. The van der Waals surface area contributed by atoms with E-state index in [0.29, 0.717) is 22.5 Å². The number of nitrogens with zero attached hydrogens (tertiary/aromatic N) is 3. The van der Waals surface area contributed by atoms with Gasteiger partial charge in [-0.25, -0.2) is 27.1 Å². The van der Waals surface area contributed by atoms with Crippen LogP contribution in [0, 0.1) is 5.82 Å². The number of carboxylic acids is 1. The summed E-state index contributed by atoms with van der Waals surface area (Å²) in [5, 5.41) is 30.6. The minimum Gasteiger partial charge on any atom is -0.550 e. The highest BCUT2D eigenvalue weighted by atomic mass is 32.2. The Labute approximate surface area is 192 Å². The van der Waals surface area contributed by atoms with Crippen molar-refractivity contribution < 1.29 is 32.9 Å². The number of carbonyl (C=O) groups excluding carboxylic acids is 1. The molecule has 0 aliphatic rings. The molecular weight excluding hydrogens is 453 g/mol. The highest BCUT2D eigenvalue weighted by molar-refractivity contribution is 7.92. The lowest BCUT2D eigenvalue weighted by Gasteiger charge is -2.20. The van der Waals surface area contributed by atoms with Crippen molar-refractivity contribution in [2.24, 2.45) is 0 Å². The van der Waals surface area contributed by atoms with Crippen LogP contribution in [0.1, 0.15) is 43.9 Å². The number of aromatic nitrogens is 2. The molecule has 0 spiro atoms. The van der Waals surface area contributed by atoms with Crippen LogP contribution in [-0.4, -0.2) is 60.1 Å². The van der Waals surface area contributed by atoms with Gasteiger partial charge in [-0.05, 0) is 30.2 Å². The topological polar surface area (TPSA) is 144 Å². The van der Waals surface area contributed by atoms with Crippen molar-refractivity contribution in [1.82, 2.24) is 9.97 Å². The van der Waals surface area contributed by atoms with Gasteiger partial charge in [-0.2, -0.15) is 0 Å². The zero-order valence-electron chi connectivity index (χ0n) is 18.8. The summed E-state index contributed by atoms with van der Waals surface area (Å²) in [5.41, 5.74) is 1.76. The van der Waals surface area contributed by atoms with E-state index in [1.165, 1.54) is 43.5 Å². The quantitative estimate of drug-likeness (QED) is 0.514. The molecule has 1 aromatic heterocycles. The standard InChI is InChI=1S/C22H28FN3O6S/c1-13(2)20-18(10-9-16(27)11-17(28)12-19(29)30)21(14-5-7-15(23)8-6-14)25-22(24-20)26(3)33(4,31)32/h5-10,13,16-17,27-28H,11-12H2,1-4H3,(H,29,30)/p-1/b10-9+/t16?,17-/m1/s1. The average molecular weight is 481 g/mol. The van der Waals surface area contributed by atoms with E-state index in [-0.39, 0.29) is 18.3 Å². The van der Waals surface area contributed by atoms with Crippen molar-refractivity contribution in [2.45, 2.75) is 44.8 Å². The third-order valence-electron chi connectivity index (χ3n) is 4.81. The fourth-order valence-electron chi connectivity index (χ4n) is 3.04. The molecule has 1 aromatic carbocycles. The number of benzene rings is 1. The molecule has 0 saturated carbocycles. The predicted molar refractivity (Wildman–Crippen MR) is 120 cm³/mol. The Morgan fingerprint density at radius 1 is 1.21 bits per heavy atom. The van der Waals surface area contributed by atoms with Crippen LogP contribution in [0.2, 0.25) is 0 Å². The van der Waals surface area contributed by atoms with Gasteiger partial charge < -0.3 is 20.1 Å². The molecule has 0 aliphatic carbocycles. The van der Waals surface area contributed by atoms with Gasteiger partial charge in [0.1, 0.15) is 5.82 Å². The van der Waals surface area contributed by atoms with Crippen molar-refractivity contribution >= 4 is 28.0 Å². The molecule has 2 N–H and O–H groups in total. The number of sulfonamides is 1. The normalized spacial score (nSPS) is 13.9. The molecule has 33 heavy (non-hydrogen) atoms. The summed E-state index contributed by atoms with van der Waals surface area (Å²) >= 11 is 0. The molecule has 2 aromatic rings. The van der Waals surface area contributed by atoms with Crippen LogP contribution in [0.25, 0.3) is 17.3 Å². The highest BCUT2D eigenvalue weighted by Gasteiger charge is 2.22. The summed E-state index contributed by atoms with van der Waals surface area (Å²) in [5.74, 6) is -2.14. The van der Waals surface area contributed by atoms with E-state index in [1.54, 1.807) is 0 Å². The Kier molecular flexibility index (Phi) is 8.64. The van der Waals surface area contributed by atoms with Crippen LogP contribution >= 0.6 is 0 Å². The monoisotopic (exact) mass is 480 g/mol. The second-order valence-electron chi connectivity index (χ2n) is 7.96. The first-order chi connectivity index (χ1) is 15.3. The number of hydrogen-bond acceptors (Lipinski definition) is 8. The van der Waals surface area contributed by atoms with Crippen molar-refractivity contribution in [3.05, 3.63) is 47.4 Å². The zero-order chi connectivity index (χ0) is 24.9. The average Bonchev–Trinajstić information content (AvgIpc) is 2.70. The van der Waals surface area contributed by atoms with E-state index < -0.39 is 40.4 Å². The number of carbonyl (C=O) groups is 1. The van der Waals surface area contributed by atoms with Crippen LogP contribution in [0.5, 0.6) is 0 Å². The maximum Gasteiger partial charge on any atom is 0.239 e. The molecule has 1 unspecified atom stereocenters. The van der Waals surface area contributed by atoms with Gasteiger partial charge in [0, 0.05) is 37.0 Å². The molecule has 11 heteroatoms. The Bertz CT molecular complexity index is 1120. The van der Waals surface area contributed by atoms with E-state index in [9.17, 15) is 32.9 Å². The largest absolute Gasteiger partial charge is 0.550 e. The van der Waals surface area contributed by atoms with Gasteiger partial charge in [0.2, 0.25) is 16.0 Å². The third kappa shape index (κ3) is 7.31. The lowest BCUT2D eigenvalue weighted by atomic mass is 9.97. The summed E-state index contributed by atoms with van der Waals surface area (Å²) in [4.78, 5) is 19.4. The molecule has 0 radical (unpaired) electrons. The van der Waals surface area contributed by atoms with E-state index in [1.807, 2.05) is 13.8 Å². The number of rotatable bonds is 10. The predicted octanol–water partition coefficient (Wildman–Crippen LogP) is 1.07. The summed E-state index contributed by atoms with van der Waals surface area (Å²) in [6, 6.07) is 5.46. The lowest BCUT2D eigenvalue weighted by Crippen LogP contribution is -2.29. The van der Waals surface area contributed by atoms with Crippen LogP contribution in [0.3, 0.4) is 0 Å². The second kappa shape index (κ2) is 10.8. The van der Waals surface area contributed by atoms with Crippen molar-refractivity contribution in [2.75, 3.05) is 17.6 Å². The summed E-state index contributed by atoms with van der Waals surface area (Å²) < 4.78 is 38.6. The van der Waals surface area contributed by atoms with Crippen molar-refractivity contribution in [3.63, 3.8) is 0 Å². The number of carboxylic acid groups (broad SMARTS) is 1. The maximum absolute atomic E-state index is 13.5. The Morgan fingerprint density at radius 2 is 1.82 bits per heavy atom. The van der Waals surface area contributed by atoms with E-state index in [4.69, 9.17) is 0 Å². The minimum absolute atomic E-state index is 0.0670. The van der Waals surface area contributed by atoms with Gasteiger partial charge in [-0.1, -0.05) is 26.0 Å². The SMILES string of the molecule is CC(C)c1nc(N(C)S(C)(=O)=O)nc(-c2ccc(F)cc2)c1/C=C/C(O)C[C@@H](O)CC(=O)[O-]. The molecule has 1 heterocycles. The second-order valence-corrected chi connectivity index (χ2v) is 9.97. The van der Waals surface area contributed by atoms with Gasteiger partial charge >= 0.3 is 0 Å². The number of aliphatic hydroxyl groups is 2. The fraction of sp³-hybridized carbons (Fsp3) is 0.409. The van der Waals surface area contributed by atoms with E-state index in [2.05, 4.69) is 9.97 Å². The number of hydrogen-bond donors (Lipinski definition) is 2. The molecule has 0 bridgehead atoms. The van der Waals surface area contributed by atoms with E-state index >= 15 is 0 Å². The fourth-order valence-corrected chi connectivity index (χ4v) is 3.41. The Morgan fingerprint density at radius 3 is 2.33 bits per heavy atom. The molecule has 9 nitrogen and oxygen atoms in total. The van der Waals surface area contributed by atoms with Gasteiger partial charge in [-0.3, -0.25) is 0 Å². The first-order valence-electron chi connectivity index (χ1n) is 10.2. The smallest absolute Gasteiger partial charge is 0.239 e. The van der Waals surface area contributed by atoms with Crippen LogP contribution < -0.4 is 9.41 Å². The molecule has 0 saturated heterocycles. The summed E-state index contributed by atoms with van der Waals surface area (Å²) in [6.45, 7) is 3.69. The molecule has 2 atom stereocenters. The molecular formula is C22H27FN3O6S-. The zero-order valence-corrected chi connectivity index (χ0v) is 19.6. The molecule has 180 valence electrons. The first-order valence-corrected chi connectivity index (χ1v) is 12.0. The lowest BCUT2D eigenvalue weighted by molar-refractivity contribution is -0.307. The molecule has 0 amide bonds. The third-order valence-corrected chi connectivity index (χ3v) is 5.97. The first kappa shape index (κ1) is 26.4. The van der Waals surface area contributed by atoms with Crippen molar-refractivity contribution in [3.8, 4) is 11.3 Å². The maximum atomic E-state index is 13.5. The molecule has 0 fully saturated rings. The molecule has 0 aliphatic heterocycles. The van der Waals surface area contributed by atoms with Crippen molar-refractivity contribution in [1.29, 1.82) is 0 Å². The summed E-state index contributed by atoms with van der Waals surface area (Å²) in [6.07, 6.45) is 0.578. The number of aliphatic hydroxyl groups excluding tert-OH is 2. The number of anilines is 1. The van der Waals surface area contributed by atoms with Gasteiger partial charge in [0.25, 0.3) is 0 Å². The Balaban J connectivity index is 2.61. The van der Waals surface area contributed by atoms with Crippen LogP contribution in [0.4, 0.5) is 10.3 Å². The number of halogens is 1. The minimum atomic E-state index is -3.66. The van der Waals surface area contributed by atoms with Gasteiger partial charge in [-0.15, -0.1) is 0 Å². The highest BCUT2D eigenvalue weighted by Crippen LogP contribution is 2.31. The summed E-state index contributed by atoms with van der Waals surface area (Å²) in [7, 11) is -2.34.